The number of rotatable bonds is 5. The first-order valence-electron chi connectivity index (χ1n) is 9.78. The fourth-order valence-electron chi connectivity index (χ4n) is 3.62. The van der Waals surface area contributed by atoms with E-state index in [2.05, 4.69) is 28.2 Å². The van der Waals surface area contributed by atoms with Crippen molar-refractivity contribution in [1.82, 2.24) is 10.6 Å². The van der Waals surface area contributed by atoms with Crippen LogP contribution in [0.1, 0.15) is 32.6 Å². The van der Waals surface area contributed by atoms with E-state index in [4.69, 9.17) is 9.47 Å². The quantitative estimate of drug-likeness (QED) is 0.539. The number of ether oxygens (including phenoxy) is 2. The van der Waals surface area contributed by atoms with Gasteiger partial charge in [-0.3, -0.25) is 0 Å². The fourth-order valence-corrected chi connectivity index (χ4v) is 3.62. The zero-order valence-corrected chi connectivity index (χ0v) is 17.5. The number of nitrogens with zero attached hydrogens (tertiary/aromatic N) is 1. The Bertz CT molecular complexity index is 1040. The molecule has 0 fully saturated rings. The summed E-state index contributed by atoms with van der Waals surface area (Å²) in [6, 6.07) is 2.31. The van der Waals surface area contributed by atoms with Gasteiger partial charge in [0.05, 0.1) is 24.6 Å². The van der Waals surface area contributed by atoms with Gasteiger partial charge in [-0.15, -0.1) is 0 Å². The van der Waals surface area contributed by atoms with Gasteiger partial charge in [-0.25, -0.2) is 4.79 Å². The first kappa shape index (κ1) is 21.2. The molecule has 1 aliphatic heterocycles. The first-order chi connectivity index (χ1) is 14.5. The second-order valence-electron chi connectivity index (χ2n) is 7.24. The number of nitriles is 1. The predicted molar refractivity (Wildman–Crippen MR) is 113 cm³/mol. The van der Waals surface area contributed by atoms with Crippen LogP contribution in [-0.2, 0) is 14.3 Å². The lowest BCUT2D eigenvalue weighted by molar-refractivity contribution is -0.167. The van der Waals surface area contributed by atoms with Crippen molar-refractivity contribution >= 4 is 5.97 Å². The number of nitrogens with one attached hydrogen (secondary N) is 2. The number of carbonyl (C=O) groups is 1. The molecule has 0 radical (unpaired) electrons. The highest BCUT2D eigenvalue weighted by atomic mass is 16.6. The van der Waals surface area contributed by atoms with Gasteiger partial charge in [-0.05, 0) is 49.1 Å². The summed E-state index contributed by atoms with van der Waals surface area (Å²) in [6.07, 6.45) is 13.4. The lowest BCUT2D eigenvalue weighted by Gasteiger charge is -2.32. The molecule has 1 heterocycles. The Morgan fingerprint density at radius 1 is 1.33 bits per heavy atom. The van der Waals surface area contributed by atoms with E-state index in [1.165, 1.54) is 14.2 Å². The smallest absolute Gasteiger partial charge is 0.338 e. The summed E-state index contributed by atoms with van der Waals surface area (Å²) in [4.78, 5) is 12.2. The third-order valence-corrected chi connectivity index (χ3v) is 5.37. The molecule has 6 nitrogen and oxygen atoms in total. The third kappa shape index (κ3) is 4.56. The van der Waals surface area contributed by atoms with Gasteiger partial charge in [-0.1, -0.05) is 23.6 Å². The van der Waals surface area contributed by atoms with E-state index in [-0.39, 0.29) is 5.97 Å². The van der Waals surface area contributed by atoms with Crippen LogP contribution >= 0.6 is 0 Å². The van der Waals surface area contributed by atoms with Crippen LogP contribution in [0.2, 0.25) is 0 Å². The Morgan fingerprint density at radius 3 is 2.80 bits per heavy atom. The van der Waals surface area contributed by atoms with Crippen molar-refractivity contribution in [2.45, 2.75) is 38.2 Å². The largest absolute Gasteiger partial charge is 0.467 e. The number of methoxy groups -OCH3 is 2. The molecule has 0 bridgehead atoms. The van der Waals surface area contributed by atoms with Crippen molar-refractivity contribution in [3.05, 3.63) is 81.9 Å². The van der Waals surface area contributed by atoms with Gasteiger partial charge >= 0.3 is 5.97 Å². The molecule has 3 rings (SSSR count). The maximum absolute atomic E-state index is 12.2. The number of esters is 1. The van der Waals surface area contributed by atoms with Crippen LogP contribution in [-0.4, -0.2) is 25.8 Å². The number of allylic oxidation sites excluding steroid dienone is 7. The lowest BCUT2D eigenvalue weighted by Crippen LogP contribution is -2.42. The molecule has 6 heteroatoms. The van der Waals surface area contributed by atoms with Crippen LogP contribution in [0, 0.1) is 11.3 Å². The highest BCUT2D eigenvalue weighted by molar-refractivity contribution is 5.80. The second kappa shape index (κ2) is 9.35. The highest BCUT2D eigenvalue weighted by Crippen LogP contribution is 2.36. The Hall–Kier alpha value is -3.48. The number of hydrogen-bond acceptors (Lipinski definition) is 6. The van der Waals surface area contributed by atoms with Gasteiger partial charge in [0.25, 0.3) is 0 Å². The Balaban J connectivity index is 1.91. The molecule has 0 aromatic heterocycles. The molecule has 2 aliphatic carbocycles. The number of carbonyl (C=O) groups excluding carboxylic acids is 1. The van der Waals surface area contributed by atoms with E-state index in [0.717, 1.165) is 28.2 Å². The molecule has 1 unspecified atom stereocenters. The van der Waals surface area contributed by atoms with Crippen LogP contribution < -0.4 is 10.6 Å². The van der Waals surface area contributed by atoms with Crippen LogP contribution in [0.15, 0.2) is 81.9 Å². The van der Waals surface area contributed by atoms with Crippen molar-refractivity contribution in [1.29, 1.82) is 5.26 Å². The molecule has 0 aromatic carbocycles. The molecule has 0 spiro atoms. The van der Waals surface area contributed by atoms with Gasteiger partial charge in [0, 0.05) is 37.4 Å². The molecule has 2 N–H and O–H groups in total. The number of hydrogen-bond donors (Lipinski definition) is 2. The van der Waals surface area contributed by atoms with E-state index < -0.39 is 5.60 Å². The molecule has 0 saturated carbocycles. The molecule has 3 aliphatic rings. The molecular formula is C24H25N3O3. The van der Waals surface area contributed by atoms with Crippen molar-refractivity contribution in [3.63, 3.8) is 0 Å². The van der Waals surface area contributed by atoms with Crippen LogP contribution in [0.4, 0.5) is 0 Å². The normalized spacial score (nSPS) is 26.6. The summed E-state index contributed by atoms with van der Waals surface area (Å²) < 4.78 is 10.4. The molecular weight excluding hydrogens is 378 g/mol. The summed E-state index contributed by atoms with van der Waals surface area (Å²) in [5.74, 6) is -0.371. The summed E-state index contributed by atoms with van der Waals surface area (Å²) in [5, 5.41) is 16.0. The Kier molecular flexibility index (Phi) is 6.61. The SMILES string of the molecule is COC(=O)C1(OC)CC=C(/C2=C(\C#N)C/C=C\C(NC3=C=CNC(C)=C3)=C=C2)CC1. The monoisotopic (exact) mass is 403 g/mol. The minimum absolute atomic E-state index is 0.371. The fraction of sp³-hybridized carbons (Fsp3) is 0.333. The molecule has 0 saturated heterocycles. The standard InChI is InChI=1S/C24H25N3O3/c1-17-15-21(11-14-26-17)27-20-6-4-5-19(16-25)22(8-7-20)18-9-12-24(30-3,13-10-18)23(28)29-2/h4,6,8-9,14-15,26-27H,5,10,12-13H2,1-3H3/b6-4-,22-19-. The first-order valence-corrected chi connectivity index (χ1v) is 9.78. The molecule has 0 aromatic rings. The maximum atomic E-state index is 12.2. The lowest BCUT2D eigenvalue weighted by atomic mass is 9.81. The average molecular weight is 403 g/mol. The zero-order valence-electron chi connectivity index (χ0n) is 17.5. The summed E-state index contributed by atoms with van der Waals surface area (Å²) in [7, 11) is 2.89. The molecule has 1 atom stereocenters. The Labute approximate surface area is 176 Å². The van der Waals surface area contributed by atoms with Gasteiger partial charge in [0.1, 0.15) is 0 Å². The van der Waals surface area contributed by atoms with Crippen molar-refractivity contribution in [3.8, 4) is 6.07 Å². The van der Waals surface area contributed by atoms with Crippen molar-refractivity contribution in [2.75, 3.05) is 14.2 Å². The second-order valence-corrected chi connectivity index (χ2v) is 7.24. The summed E-state index contributed by atoms with van der Waals surface area (Å²) >= 11 is 0. The molecule has 154 valence electrons. The van der Waals surface area contributed by atoms with E-state index >= 15 is 0 Å². The Morgan fingerprint density at radius 2 is 2.17 bits per heavy atom. The van der Waals surface area contributed by atoms with Crippen LogP contribution in [0.25, 0.3) is 0 Å². The highest BCUT2D eigenvalue weighted by Gasteiger charge is 2.41. The molecule has 0 amide bonds. The van der Waals surface area contributed by atoms with Gasteiger partial charge in [-0.2, -0.15) is 5.26 Å². The van der Waals surface area contributed by atoms with E-state index in [9.17, 15) is 10.1 Å². The topological polar surface area (TPSA) is 83.4 Å². The van der Waals surface area contributed by atoms with Crippen LogP contribution in [0.3, 0.4) is 0 Å². The van der Waals surface area contributed by atoms with Crippen molar-refractivity contribution < 1.29 is 14.3 Å². The van der Waals surface area contributed by atoms with E-state index in [1.54, 1.807) is 6.20 Å². The van der Waals surface area contributed by atoms with Gasteiger partial charge in [0.15, 0.2) is 5.60 Å². The van der Waals surface area contributed by atoms with E-state index in [1.807, 2.05) is 37.3 Å². The maximum Gasteiger partial charge on any atom is 0.338 e. The average Bonchev–Trinajstić information content (AvgIpc) is 2.75. The van der Waals surface area contributed by atoms with Crippen molar-refractivity contribution in [2.24, 2.45) is 0 Å². The predicted octanol–water partition coefficient (Wildman–Crippen LogP) is 3.57. The third-order valence-electron chi connectivity index (χ3n) is 5.37. The summed E-state index contributed by atoms with van der Waals surface area (Å²) in [6.45, 7) is 1.97. The van der Waals surface area contributed by atoms with Gasteiger partial charge in [0.2, 0.25) is 0 Å². The minimum atomic E-state index is -0.961. The minimum Gasteiger partial charge on any atom is -0.467 e. The zero-order chi connectivity index (χ0) is 21.6. The van der Waals surface area contributed by atoms with Gasteiger partial charge < -0.3 is 20.1 Å². The van der Waals surface area contributed by atoms with Crippen LogP contribution in [0.5, 0.6) is 0 Å². The summed E-state index contributed by atoms with van der Waals surface area (Å²) in [5.41, 5.74) is 10.6. The van der Waals surface area contributed by atoms with E-state index in [0.29, 0.717) is 31.3 Å². The molecule has 30 heavy (non-hydrogen) atoms.